The lowest BCUT2D eigenvalue weighted by Gasteiger charge is -2.17. The third kappa shape index (κ3) is 3.29. The van der Waals surface area contributed by atoms with Crippen molar-refractivity contribution in [3.63, 3.8) is 0 Å². The molecular weight excluding hydrogens is 360 g/mol. The maximum atomic E-state index is 12.8. The molecule has 1 amide bonds. The fourth-order valence-corrected chi connectivity index (χ4v) is 4.11. The van der Waals surface area contributed by atoms with E-state index in [4.69, 9.17) is 4.98 Å². The summed E-state index contributed by atoms with van der Waals surface area (Å²) < 4.78 is 2.10. The number of hydrogen-bond donors (Lipinski definition) is 0. The molecule has 0 aliphatic carbocycles. The van der Waals surface area contributed by atoms with E-state index in [0.717, 1.165) is 54.2 Å². The van der Waals surface area contributed by atoms with Gasteiger partial charge in [-0.15, -0.1) is 0 Å². The number of aryl methyl sites for hydroxylation is 1. The van der Waals surface area contributed by atoms with E-state index in [-0.39, 0.29) is 5.91 Å². The maximum absolute atomic E-state index is 12.8. The summed E-state index contributed by atoms with van der Waals surface area (Å²) in [4.78, 5) is 24.1. The van der Waals surface area contributed by atoms with Gasteiger partial charge in [0.25, 0.3) is 0 Å². The Bertz CT molecular complexity index is 1170. The van der Waals surface area contributed by atoms with Gasteiger partial charge in [0.1, 0.15) is 11.3 Å². The standard InChI is InChI=1S/C24H22N4O/c29-23(27-17-15-18-8-4-5-12-21(18)27)14-6-13-22-26-20-11-7-16-25-24(20)28(22)19-9-2-1-3-10-19/h1-5,7-12,16H,6,13-15,17H2. The Morgan fingerprint density at radius 1 is 0.966 bits per heavy atom. The first-order chi connectivity index (χ1) is 14.3. The lowest BCUT2D eigenvalue weighted by Crippen LogP contribution is -2.28. The quantitative estimate of drug-likeness (QED) is 0.516. The van der Waals surface area contributed by atoms with E-state index in [1.807, 2.05) is 53.4 Å². The lowest BCUT2D eigenvalue weighted by molar-refractivity contribution is -0.118. The van der Waals surface area contributed by atoms with Crippen LogP contribution in [0, 0.1) is 0 Å². The first kappa shape index (κ1) is 17.6. The number of anilines is 1. The Balaban J connectivity index is 1.35. The summed E-state index contributed by atoms with van der Waals surface area (Å²) in [5, 5.41) is 0. The zero-order valence-electron chi connectivity index (χ0n) is 16.2. The summed E-state index contributed by atoms with van der Waals surface area (Å²) >= 11 is 0. The molecule has 3 heterocycles. The van der Waals surface area contributed by atoms with E-state index in [0.29, 0.717) is 6.42 Å². The zero-order chi connectivity index (χ0) is 19.6. The van der Waals surface area contributed by atoms with Gasteiger partial charge in [-0.25, -0.2) is 9.97 Å². The van der Waals surface area contributed by atoms with Crippen LogP contribution in [0.3, 0.4) is 0 Å². The molecule has 0 N–H and O–H groups in total. The highest BCUT2D eigenvalue weighted by molar-refractivity contribution is 5.95. The smallest absolute Gasteiger partial charge is 0.227 e. The largest absolute Gasteiger partial charge is 0.312 e. The highest BCUT2D eigenvalue weighted by Gasteiger charge is 2.23. The van der Waals surface area contributed by atoms with Crippen molar-refractivity contribution in [1.29, 1.82) is 0 Å². The van der Waals surface area contributed by atoms with Gasteiger partial charge in [0.05, 0.1) is 0 Å². The van der Waals surface area contributed by atoms with Gasteiger partial charge in [-0.3, -0.25) is 9.36 Å². The monoisotopic (exact) mass is 382 g/mol. The molecule has 0 unspecified atom stereocenters. The highest BCUT2D eigenvalue weighted by Crippen LogP contribution is 2.28. The lowest BCUT2D eigenvalue weighted by atomic mass is 10.1. The molecular formula is C24H22N4O. The van der Waals surface area contributed by atoms with Crippen LogP contribution in [0.4, 0.5) is 5.69 Å². The molecule has 4 aromatic rings. The Morgan fingerprint density at radius 2 is 1.79 bits per heavy atom. The van der Waals surface area contributed by atoms with E-state index in [1.54, 1.807) is 6.20 Å². The summed E-state index contributed by atoms with van der Waals surface area (Å²) in [6.45, 7) is 0.782. The van der Waals surface area contributed by atoms with Crippen molar-refractivity contribution in [3.8, 4) is 5.69 Å². The number of hydrogen-bond acceptors (Lipinski definition) is 3. The van der Waals surface area contributed by atoms with Crippen molar-refractivity contribution >= 4 is 22.8 Å². The molecule has 29 heavy (non-hydrogen) atoms. The number of benzene rings is 2. The Kier molecular flexibility index (Phi) is 4.56. The van der Waals surface area contributed by atoms with Gasteiger partial charge in [0, 0.05) is 37.0 Å². The fraction of sp³-hybridized carbons (Fsp3) is 0.208. The number of nitrogens with zero attached hydrogens (tertiary/aromatic N) is 4. The molecule has 2 aromatic carbocycles. The second-order valence-corrected chi connectivity index (χ2v) is 7.32. The second kappa shape index (κ2) is 7.51. The molecule has 0 radical (unpaired) electrons. The Hall–Kier alpha value is -3.47. The second-order valence-electron chi connectivity index (χ2n) is 7.32. The van der Waals surface area contributed by atoms with Crippen LogP contribution >= 0.6 is 0 Å². The zero-order valence-corrected chi connectivity index (χ0v) is 16.2. The molecule has 5 nitrogen and oxygen atoms in total. The average molecular weight is 382 g/mol. The van der Waals surface area contributed by atoms with Crippen molar-refractivity contribution in [3.05, 3.63) is 84.3 Å². The molecule has 1 aliphatic heterocycles. The average Bonchev–Trinajstić information content (AvgIpc) is 3.36. The van der Waals surface area contributed by atoms with E-state index < -0.39 is 0 Å². The van der Waals surface area contributed by atoms with Crippen LogP contribution in [-0.2, 0) is 17.6 Å². The van der Waals surface area contributed by atoms with Crippen LogP contribution in [-0.4, -0.2) is 27.0 Å². The van der Waals surface area contributed by atoms with Gasteiger partial charge in [-0.2, -0.15) is 0 Å². The van der Waals surface area contributed by atoms with Crippen molar-refractivity contribution in [2.24, 2.45) is 0 Å². The van der Waals surface area contributed by atoms with Crippen molar-refractivity contribution in [1.82, 2.24) is 14.5 Å². The van der Waals surface area contributed by atoms with Gasteiger partial charge in [0.2, 0.25) is 5.91 Å². The first-order valence-corrected chi connectivity index (χ1v) is 10.1. The molecule has 144 valence electrons. The number of para-hydroxylation sites is 2. The molecule has 0 saturated carbocycles. The van der Waals surface area contributed by atoms with E-state index in [9.17, 15) is 4.79 Å². The molecule has 0 atom stereocenters. The topological polar surface area (TPSA) is 51.0 Å². The van der Waals surface area contributed by atoms with Gasteiger partial charge < -0.3 is 4.90 Å². The van der Waals surface area contributed by atoms with Crippen LogP contribution in [0.2, 0.25) is 0 Å². The fourth-order valence-electron chi connectivity index (χ4n) is 4.11. The number of amides is 1. The molecule has 5 heteroatoms. The summed E-state index contributed by atoms with van der Waals surface area (Å²) in [7, 11) is 0. The summed E-state index contributed by atoms with van der Waals surface area (Å²) in [5.41, 5.74) is 5.11. The number of imidazole rings is 1. The number of fused-ring (bicyclic) bond motifs is 2. The third-order valence-corrected chi connectivity index (χ3v) is 5.48. The molecule has 5 rings (SSSR count). The van der Waals surface area contributed by atoms with Gasteiger partial charge in [-0.1, -0.05) is 36.4 Å². The number of rotatable bonds is 5. The number of carbonyl (C=O) groups excluding carboxylic acids is 1. The Labute approximate surface area is 169 Å². The SMILES string of the molecule is O=C(CCCc1nc2cccnc2n1-c1ccccc1)N1CCc2ccccc21. The van der Waals surface area contributed by atoms with Crippen LogP contribution in [0.25, 0.3) is 16.9 Å². The van der Waals surface area contributed by atoms with Crippen LogP contribution in [0.15, 0.2) is 72.9 Å². The van der Waals surface area contributed by atoms with Crippen molar-refractivity contribution in [2.45, 2.75) is 25.7 Å². The molecule has 2 aromatic heterocycles. The van der Waals surface area contributed by atoms with E-state index in [1.165, 1.54) is 5.56 Å². The number of carbonyl (C=O) groups is 1. The summed E-state index contributed by atoms with van der Waals surface area (Å²) in [5.74, 6) is 1.13. The molecule has 0 fully saturated rings. The van der Waals surface area contributed by atoms with E-state index in [2.05, 4.69) is 27.8 Å². The highest BCUT2D eigenvalue weighted by atomic mass is 16.2. The predicted molar refractivity (Wildman–Crippen MR) is 114 cm³/mol. The molecule has 1 aliphatic rings. The number of aromatic nitrogens is 3. The predicted octanol–water partition coefficient (Wildman–Crippen LogP) is 4.33. The third-order valence-electron chi connectivity index (χ3n) is 5.48. The van der Waals surface area contributed by atoms with Gasteiger partial charge in [0.15, 0.2) is 5.65 Å². The van der Waals surface area contributed by atoms with Crippen molar-refractivity contribution in [2.75, 3.05) is 11.4 Å². The normalized spacial score (nSPS) is 13.0. The summed E-state index contributed by atoms with van der Waals surface area (Å²) in [6.07, 6.45) is 4.73. The van der Waals surface area contributed by atoms with Crippen molar-refractivity contribution < 1.29 is 4.79 Å². The minimum absolute atomic E-state index is 0.190. The molecule has 0 spiro atoms. The first-order valence-electron chi connectivity index (χ1n) is 10.1. The Morgan fingerprint density at radius 3 is 2.69 bits per heavy atom. The molecule has 0 saturated heterocycles. The maximum Gasteiger partial charge on any atom is 0.227 e. The molecule has 0 bridgehead atoms. The number of pyridine rings is 1. The summed E-state index contributed by atoms with van der Waals surface area (Å²) in [6, 6.07) is 22.2. The van der Waals surface area contributed by atoms with Crippen LogP contribution in [0.5, 0.6) is 0 Å². The van der Waals surface area contributed by atoms with Crippen LogP contribution in [0.1, 0.15) is 24.2 Å². The van der Waals surface area contributed by atoms with Crippen LogP contribution < -0.4 is 4.90 Å². The minimum Gasteiger partial charge on any atom is -0.312 e. The van der Waals surface area contributed by atoms with E-state index >= 15 is 0 Å². The van der Waals surface area contributed by atoms with Gasteiger partial charge >= 0.3 is 0 Å². The van der Waals surface area contributed by atoms with Gasteiger partial charge in [-0.05, 0) is 48.7 Å². The minimum atomic E-state index is 0.190.